The summed E-state index contributed by atoms with van der Waals surface area (Å²) in [4.78, 5) is 0. The number of hydrogen-bond acceptors (Lipinski definition) is 1. The molecule has 1 aromatic carbocycles. The minimum atomic E-state index is -0.344. The van der Waals surface area contributed by atoms with Crippen molar-refractivity contribution in [2.75, 3.05) is 0 Å². The van der Waals surface area contributed by atoms with Crippen molar-refractivity contribution in [3.05, 3.63) is 39.2 Å². The van der Waals surface area contributed by atoms with Gasteiger partial charge in [-0.15, -0.1) is 0 Å². The third kappa shape index (κ3) is 1.87. The van der Waals surface area contributed by atoms with E-state index in [1.807, 2.05) is 14.0 Å². The summed E-state index contributed by atoms with van der Waals surface area (Å²) < 4.78 is 15.5. The highest BCUT2D eigenvalue weighted by molar-refractivity contribution is 9.10. The monoisotopic (exact) mass is 302 g/mol. The van der Waals surface area contributed by atoms with Gasteiger partial charge in [0.05, 0.1) is 20.9 Å². The maximum absolute atomic E-state index is 13.0. The van der Waals surface area contributed by atoms with E-state index in [0.717, 1.165) is 21.4 Å². The van der Waals surface area contributed by atoms with Gasteiger partial charge in [-0.05, 0) is 41.1 Å². The maximum Gasteiger partial charge on any atom is 0.124 e. The lowest BCUT2D eigenvalue weighted by Crippen LogP contribution is -1.94. The van der Waals surface area contributed by atoms with E-state index in [1.165, 1.54) is 12.1 Å². The molecule has 0 fully saturated rings. The molecule has 2 nitrogen and oxygen atoms in total. The van der Waals surface area contributed by atoms with Gasteiger partial charge in [-0.1, -0.05) is 11.6 Å². The van der Waals surface area contributed by atoms with Crippen LogP contribution >= 0.6 is 27.5 Å². The Morgan fingerprint density at radius 1 is 1.44 bits per heavy atom. The first-order valence-electron chi connectivity index (χ1n) is 4.65. The number of hydrogen-bond donors (Lipinski definition) is 0. The van der Waals surface area contributed by atoms with Crippen LogP contribution in [-0.4, -0.2) is 9.78 Å². The van der Waals surface area contributed by atoms with E-state index in [2.05, 4.69) is 21.0 Å². The summed E-state index contributed by atoms with van der Waals surface area (Å²) in [6.45, 7) is 1.89. The van der Waals surface area contributed by atoms with Crippen molar-refractivity contribution >= 4 is 27.5 Å². The molecule has 1 heterocycles. The summed E-state index contributed by atoms with van der Waals surface area (Å²) in [5, 5.41) is 4.65. The molecule has 0 aliphatic heterocycles. The molecular weight excluding hydrogens is 294 g/mol. The van der Waals surface area contributed by atoms with Gasteiger partial charge in [0.2, 0.25) is 0 Å². The number of aryl methyl sites for hydroxylation is 2. The molecule has 0 bridgehead atoms. The molecule has 0 radical (unpaired) electrons. The van der Waals surface area contributed by atoms with E-state index in [0.29, 0.717) is 5.02 Å². The first-order valence-corrected chi connectivity index (χ1v) is 5.82. The summed E-state index contributed by atoms with van der Waals surface area (Å²) in [5.74, 6) is -0.344. The second-order valence-electron chi connectivity index (χ2n) is 3.50. The third-order valence-electron chi connectivity index (χ3n) is 2.34. The van der Waals surface area contributed by atoms with Crippen molar-refractivity contribution in [1.82, 2.24) is 9.78 Å². The average molecular weight is 304 g/mol. The zero-order valence-electron chi connectivity index (χ0n) is 8.76. The van der Waals surface area contributed by atoms with Gasteiger partial charge in [0, 0.05) is 12.6 Å². The number of halogens is 3. The molecular formula is C11H9BrClFN2. The molecule has 0 aliphatic rings. The Balaban J connectivity index is 2.67. The third-order valence-corrected chi connectivity index (χ3v) is 3.60. The van der Waals surface area contributed by atoms with E-state index in [9.17, 15) is 4.39 Å². The lowest BCUT2D eigenvalue weighted by atomic mass is 10.1. The number of rotatable bonds is 1. The fourth-order valence-electron chi connectivity index (χ4n) is 1.61. The zero-order chi connectivity index (χ0) is 11.9. The van der Waals surface area contributed by atoms with Crippen molar-refractivity contribution in [2.24, 2.45) is 7.05 Å². The summed E-state index contributed by atoms with van der Waals surface area (Å²) in [6, 6.07) is 4.33. The number of benzene rings is 1. The molecule has 5 heteroatoms. The predicted octanol–water partition coefficient (Wildman–Crippen LogP) is 3.95. The summed E-state index contributed by atoms with van der Waals surface area (Å²) in [7, 11) is 1.83. The van der Waals surface area contributed by atoms with Crippen LogP contribution in [0.4, 0.5) is 4.39 Å². The summed E-state index contributed by atoms with van der Waals surface area (Å²) in [5.41, 5.74) is 2.48. The largest absolute Gasteiger partial charge is 0.266 e. The van der Waals surface area contributed by atoms with Gasteiger partial charge in [-0.3, -0.25) is 4.68 Å². The molecule has 2 aromatic rings. The molecule has 0 amide bonds. The van der Waals surface area contributed by atoms with Gasteiger partial charge < -0.3 is 0 Å². The van der Waals surface area contributed by atoms with E-state index in [4.69, 9.17) is 11.6 Å². The van der Waals surface area contributed by atoms with Crippen LogP contribution < -0.4 is 0 Å². The highest BCUT2D eigenvalue weighted by Gasteiger charge is 2.15. The van der Waals surface area contributed by atoms with Crippen LogP contribution in [0, 0.1) is 12.7 Å². The first kappa shape index (κ1) is 11.6. The number of aromatic nitrogens is 2. The summed E-state index contributed by atoms with van der Waals surface area (Å²) in [6.07, 6.45) is 0. The molecule has 0 saturated heterocycles. The molecule has 0 N–H and O–H groups in total. The Morgan fingerprint density at radius 3 is 2.62 bits per heavy atom. The molecule has 2 rings (SSSR count). The quantitative estimate of drug-likeness (QED) is 0.780. The SMILES string of the molecule is Cc1nn(C)c(-c2ccc(F)cc2Cl)c1Br. The zero-order valence-corrected chi connectivity index (χ0v) is 11.1. The van der Waals surface area contributed by atoms with Crippen LogP contribution in [0.15, 0.2) is 22.7 Å². The van der Waals surface area contributed by atoms with Gasteiger partial charge >= 0.3 is 0 Å². The highest BCUT2D eigenvalue weighted by Crippen LogP contribution is 2.34. The normalized spacial score (nSPS) is 10.8. The van der Waals surface area contributed by atoms with Crippen molar-refractivity contribution in [2.45, 2.75) is 6.92 Å². The Bertz CT molecular complexity index is 551. The fourth-order valence-corrected chi connectivity index (χ4v) is 2.41. The van der Waals surface area contributed by atoms with E-state index < -0.39 is 0 Å². The van der Waals surface area contributed by atoms with Crippen molar-refractivity contribution in [3.8, 4) is 11.3 Å². The first-order chi connectivity index (χ1) is 7.50. The smallest absolute Gasteiger partial charge is 0.124 e. The van der Waals surface area contributed by atoms with E-state index in [-0.39, 0.29) is 5.82 Å². The topological polar surface area (TPSA) is 17.8 Å². The molecule has 0 unspecified atom stereocenters. The maximum atomic E-state index is 13.0. The molecule has 0 saturated carbocycles. The molecule has 1 aromatic heterocycles. The van der Waals surface area contributed by atoms with Gasteiger partial charge in [0.25, 0.3) is 0 Å². The lowest BCUT2D eigenvalue weighted by molar-refractivity contribution is 0.628. The van der Waals surface area contributed by atoms with Crippen LogP contribution in [0.3, 0.4) is 0 Å². The Morgan fingerprint density at radius 2 is 2.12 bits per heavy atom. The van der Waals surface area contributed by atoms with Gasteiger partial charge in [-0.25, -0.2) is 4.39 Å². The molecule has 0 aliphatic carbocycles. The molecule has 0 atom stereocenters. The second-order valence-corrected chi connectivity index (χ2v) is 4.70. The van der Waals surface area contributed by atoms with Gasteiger partial charge in [-0.2, -0.15) is 5.10 Å². The standard InChI is InChI=1S/C11H9BrClFN2/c1-6-10(12)11(16(2)15-6)8-4-3-7(14)5-9(8)13/h3-5H,1-2H3. The van der Waals surface area contributed by atoms with Crippen molar-refractivity contribution < 1.29 is 4.39 Å². The Hall–Kier alpha value is -0.870. The lowest BCUT2D eigenvalue weighted by Gasteiger charge is -2.05. The molecule has 84 valence electrons. The highest BCUT2D eigenvalue weighted by atomic mass is 79.9. The Labute approximate surface area is 106 Å². The van der Waals surface area contributed by atoms with E-state index in [1.54, 1.807) is 10.7 Å². The van der Waals surface area contributed by atoms with Crippen LogP contribution in [0.1, 0.15) is 5.69 Å². The molecule has 16 heavy (non-hydrogen) atoms. The van der Waals surface area contributed by atoms with Crippen LogP contribution in [0.5, 0.6) is 0 Å². The van der Waals surface area contributed by atoms with Crippen LogP contribution in [0.2, 0.25) is 5.02 Å². The van der Waals surface area contributed by atoms with Gasteiger partial charge in [0.1, 0.15) is 5.82 Å². The molecule has 0 spiro atoms. The van der Waals surface area contributed by atoms with Gasteiger partial charge in [0.15, 0.2) is 0 Å². The Kier molecular flexibility index (Phi) is 3.04. The second kappa shape index (κ2) is 4.18. The minimum Gasteiger partial charge on any atom is -0.266 e. The van der Waals surface area contributed by atoms with Crippen LogP contribution in [0.25, 0.3) is 11.3 Å². The van der Waals surface area contributed by atoms with Crippen molar-refractivity contribution in [1.29, 1.82) is 0 Å². The fraction of sp³-hybridized carbons (Fsp3) is 0.182. The predicted molar refractivity (Wildman–Crippen MR) is 66.0 cm³/mol. The average Bonchev–Trinajstić information content (AvgIpc) is 2.43. The minimum absolute atomic E-state index is 0.344. The number of nitrogens with zero attached hydrogens (tertiary/aromatic N) is 2. The summed E-state index contributed by atoms with van der Waals surface area (Å²) >= 11 is 9.47. The van der Waals surface area contributed by atoms with Crippen molar-refractivity contribution in [3.63, 3.8) is 0 Å². The van der Waals surface area contributed by atoms with E-state index >= 15 is 0 Å². The van der Waals surface area contributed by atoms with Crippen LogP contribution in [-0.2, 0) is 7.05 Å².